The van der Waals surface area contributed by atoms with E-state index in [0.717, 1.165) is 0 Å². The molecule has 0 heterocycles. The van der Waals surface area contributed by atoms with Crippen molar-refractivity contribution in [3.63, 3.8) is 0 Å². The summed E-state index contributed by atoms with van der Waals surface area (Å²) < 4.78 is 15.2. The van der Waals surface area contributed by atoms with Crippen molar-refractivity contribution in [3.8, 4) is 17.2 Å². The van der Waals surface area contributed by atoms with Crippen LogP contribution >= 0.6 is 34.8 Å². The molecule has 0 spiro atoms. The first kappa shape index (κ1) is 36.9. The number of rotatable bonds is 9. The summed E-state index contributed by atoms with van der Waals surface area (Å²) in [5.74, 6) is -3.34. The number of para-hydroxylation sites is 3. The number of carboxylic acids is 3. The standard InChI is InChI=1S/3C9H9ClO3.Al/c3*1-2-13-8-6(9(11)12)4-3-5-7(8)10;/h3*3-5H,2H2,1H3,(H,11,12);/q;;;+3/p-3. The maximum atomic E-state index is 10.6. The van der Waals surface area contributed by atoms with E-state index < -0.39 is 17.9 Å². The molecule has 0 unspecified atom stereocenters. The van der Waals surface area contributed by atoms with Crippen molar-refractivity contribution < 1.29 is 43.9 Å². The molecule has 0 aliphatic heterocycles. The number of halogens is 3. The van der Waals surface area contributed by atoms with E-state index in [2.05, 4.69) is 0 Å². The first-order chi connectivity index (χ1) is 18.5. The van der Waals surface area contributed by atoms with Crippen LogP contribution < -0.4 is 29.5 Å². The summed E-state index contributed by atoms with van der Waals surface area (Å²) in [5.41, 5.74) is -0.0574. The third kappa shape index (κ3) is 11.2. The van der Waals surface area contributed by atoms with Crippen molar-refractivity contribution in [1.82, 2.24) is 0 Å². The van der Waals surface area contributed by atoms with E-state index in [1.807, 2.05) is 0 Å². The van der Waals surface area contributed by atoms with Crippen LogP contribution in [0.4, 0.5) is 0 Å². The molecular weight excluding hydrogens is 602 g/mol. The molecule has 210 valence electrons. The number of carboxylic acid groups (broad SMARTS) is 3. The second kappa shape index (κ2) is 19.0. The van der Waals surface area contributed by atoms with Crippen molar-refractivity contribution >= 4 is 70.1 Å². The summed E-state index contributed by atoms with van der Waals surface area (Å²) >= 11 is 17.2. The molecule has 0 bridgehead atoms. The topological polar surface area (TPSA) is 148 Å². The molecule has 9 nitrogen and oxygen atoms in total. The van der Waals surface area contributed by atoms with Gasteiger partial charge < -0.3 is 43.9 Å². The summed E-state index contributed by atoms with van der Waals surface area (Å²) in [7, 11) is 0. The van der Waals surface area contributed by atoms with E-state index in [-0.39, 0.29) is 66.4 Å². The van der Waals surface area contributed by atoms with Gasteiger partial charge in [-0.25, -0.2) is 0 Å². The summed E-state index contributed by atoms with van der Waals surface area (Å²) in [5, 5.41) is 32.6. The molecule has 0 atom stereocenters. The van der Waals surface area contributed by atoms with Gasteiger partial charge in [-0.15, -0.1) is 0 Å². The van der Waals surface area contributed by atoms with Crippen LogP contribution in [0.5, 0.6) is 17.2 Å². The van der Waals surface area contributed by atoms with E-state index in [0.29, 0.717) is 19.8 Å². The second-order valence-corrected chi connectivity index (χ2v) is 8.23. The first-order valence-electron chi connectivity index (χ1n) is 11.4. The zero-order chi connectivity index (χ0) is 29.5. The number of carbonyl (C=O) groups excluding carboxylic acids is 3. The molecule has 0 amide bonds. The second-order valence-electron chi connectivity index (χ2n) is 7.01. The van der Waals surface area contributed by atoms with Crippen molar-refractivity contribution in [3.05, 3.63) is 86.4 Å². The van der Waals surface area contributed by atoms with Crippen LogP contribution in [0, 0.1) is 0 Å². The molecule has 13 heteroatoms. The Morgan fingerprint density at radius 2 is 0.775 bits per heavy atom. The fourth-order valence-electron chi connectivity index (χ4n) is 2.88. The monoisotopic (exact) mass is 624 g/mol. The zero-order valence-electron chi connectivity index (χ0n) is 21.7. The molecule has 3 aromatic carbocycles. The Labute approximate surface area is 257 Å². The SMILES string of the molecule is CCOc1c(Cl)cccc1C(=O)[O-].CCOc1c(Cl)cccc1C(=O)[O-].CCOc1c(Cl)cccc1C(=O)[O-].[Al+3]. The Hall–Kier alpha value is -3.13. The van der Waals surface area contributed by atoms with Crippen molar-refractivity contribution in [2.45, 2.75) is 20.8 Å². The third-order valence-corrected chi connectivity index (χ3v) is 5.32. The summed E-state index contributed by atoms with van der Waals surface area (Å²) in [6, 6.07) is 13.5. The van der Waals surface area contributed by atoms with Gasteiger partial charge >= 0.3 is 17.4 Å². The zero-order valence-corrected chi connectivity index (χ0v) is 25.1. The van der Waals surface area contributed by atoms with E-state index in [4.69, 9.17) is 49.0 Å². The van der Waals surface area contributed by atoms with Crippen molar-refractivity contribution in [2.24, 2.45) is 0 Å². The van der Waals surface area contributed by atoms with Crippen LogP contribution in [0.15, 0.2) is 54.6 Å². The van der Waals surface area contributed by atoms with Gasteiger partial charge in [0.2, 0.25) is 0 Å². The van der Waals surface area contributed by atoms with E-state index in [1.165, 1.54) is 36.4 Å². The molecule has 0 saturated heterocycles. The molecule has 0 radical (unpaired) electrons. The van der Waals surface area contributed by atoms with Crippen LogP contribution in [0.25, 0.3) is 0 Å². The maximum Gasteiger partial charge on any atom is 3.00 e. The van der Waals surface area contributed by atoms with Gasteiger partial charge in [0.1, 0.15) is 17.2 Å². The van der Waals surface area contributed by atoms with E-state index in [9.17, 15) is 29.7 Å². The Morgan fingerprint density at radius 3 is 0.950 bits per heavy atom. The molecule has 3 aromatic rings. The predicted molar refractivity (Wildman–Crippen MR) is 147 cm³/mol. The third-order valence-electron chi connectivity index (χ3n) is 4.43. The Morgan fingerprint density at radius 1 is 0.550 bits per heavy atom. The van der Waals surface area contributed by atoms with Crippen LogP contribution in [0.1, 0.15) is 51.8 Å². The molecule has 3 rings (SSSR count). The largest absolute Gasteiger partial charge is 3.00 e. The molecule has 0 aliphatic rings. The molecule has 40 heavy (non-hydrogen) atoms. The first-order valence-corrected chi connectivity index (χ1v) is 12.5. The van der Waals surface area contributed by atoms with Crippen LogP contribution in [-0.2, 0) is 0 Å². The van der Waals surface area contributed by atoms with Gasteiger partial charge in [-0.2, -0.15) is 0 Å². The smallest absolute Gasteiger partial charge is 0.545 e. The molecule has 0 N–H and O–H groups in total. The van der Waals surface area contributed by atoms with Gasteiger partial charge in [0, 0.05) is 16.7 Å². The minimum atomic E-state index is -1.29. The molecular formula is C27H24AlCl3O9. The quantitative estimate of drug-likeness (QED) is 0.327. The van der Waals surface area contributed by atoms with E-state index in [1.54, 1.807) is 39.0 Å². The predicted octanol–water partition coefficient (Wildman–Crippen LogP) is 2.93. The summed E-state index contributed by atoms with van der Waals surface area (Å²) in [6.45, 7) is 6.35. The Balaban J connectivity index is 0.000000563. The van der Waals surface area contributed by atoms with Gasteiger partial charge in [-0.3, -0.25) is 0 Å². The molecule has 0 aliphatic carbocycles. The average molecular weight is 626 g/mol. The number of carbonyl (C=O) groups is 3. The number of ether oxygens (including phenoxy) is 3. The van der Waals surface area contributed by atoms with Crippen molar-refractivity contribution in [2.75, 3.05) is 19.8 Å². The van der Waals surface area contributed by atoms with Gasteiger partial charge in [0.05, 0.1) is 52.8 Å². The average Bonchev–Trinajstić information content (AvgIpc) is 2.88. The van der Waals surface area contributed by atoms with Gasteiger partial charge in [0.25, 0.3) is 0 Å². The minimum absolute atomic E-state index is 0. The van der Waals surface area contributed by atoms with Gasteiger partial charge in [-0.05, 0) is 57.2 Å². The Bertz CT molecular complexity index is 1130. The normalized spacial score (nSPS) is 9.45. The van der Waals surface area contributed by atoms with Gasteiger partial charge in [-0.1, -0.05) is 53.0 Å². The van der Waals surface area contributed by atoms with Crippen LogP contribution in [-0.4, -0.2) is 55.1 Å². The fraction of sp³-hybridized carbons (Fsp3) is 0.222. The molecule has 0 fully saturated rings. The van der Waals surface area contributed by atoms with E-state index >= 15 is 0 Å². The number of aromatic carboxylic acids is 3. The summed E-state index contributed by atoms with van der Waals surface area (Å²) in [4.78, 5) is 31.8. The number of benzene rings is 3. The number of hydrogen-bond donors (Lipinski definition) is 0. The minimum Gasteiger partial charge on any atom is -0.545 e. The molecule has 0 saturated carbocycles. The Kier molecular flexibility index (Phi) is 17.5. The summed E-state index contributed by atoms with van der Waals surface area (Å²) in [6.07, 6.45) is 0. The van der Waals surface area contributed by atoms with Crippen LogP contribution in [0.3, 0.4) is 0 Å². The maximum absolute atomic E-state index is 10.6. The van der Waals surface area contributed by atoms with Crippen LogP contribution in [0.2, 0.25) is 15.1 Å². The number of hydrogen-bond acceptors (Lipinski definition) is 9. The van der Waals surface area contributed by atoms with Gasteiger partial charge in [0.15, 0.2) is 0 Å². The van der Waals surface area contributed by atoms with Crippen molar-refractivity contribution in [1.29, 1.82) is 0 Å². The molecule has 0 aromatic heterocycles. The fourth-order valence-corrected chi connectivity index (χ4v) is 3.57.